The van der Waals surface area contributed by atoms with Gasteiger partial charge in [-0.2, -0.15) is 0 Å². The number of rotatable bonds is 4. The van der Waals surface area contributed by atoms with Gasteiger partial charge in [-0.3, -0.25) is 0 Å². The largest absolute Gasteiger partial charge is 0.394 e. The zero-order valence-corrected chi connectivity index (χ0v) is 7.69. The minimum atomic E-state index is -1.14. The van der Waals surface area contributed by atoms with Crippen molar-refractivity contribution < 1.29 is 15.3 Å². The predicted molar refractivity (Wildman–Crippen MR) is 48.8 cm³/mol. The topological polar surface area (TPSA) is 84.8 Å². The Morgan fingerprint density at radius 2 is 1.67 bits per heavy atom. The molecule has 0 fully saturated rings. The molecular formula is C6H14N2O3S. The molecule has 0 aromatic carbocycles. The first-order valence-corrected chi connectivity index (χ1v) is 3.87. The third kappa shape index (κ3) is 2.90. The van der Waals surface area contributed by atoms with Gasteiger partial charge in [0.1, 0.15) is 5.54 Å². The Hall–Kier alpha value is -0.430. The van der Waals surface area contributed by atoms with Gasteiger partial charge in [0.15, 0.2) is 5.11 Å². The van der Waals surface area contributed by atoms with Crippen LogP contribution in [0.2, 0.25) is 0 Å². The van der Waals surface area contributed by atoms with Crippen molar-refractivity contribution in [3.63, 3.8) is 0 Å². The Labute approximate surface area is 76.4 Å². The third-order valence-electron chi connectivity index (χ3n) is 1.51. The number of aliphatic hydroxyl groups excluding tert-OH is 3. The van der Waals surface area contributed by atoms with Gasteiger partial charge in [0.05, 0.1) is 19.8 Å². The lowest BCUT2D eigenvalue weighted by Crippen LogP contribution is -2.58. The highest BCUT2D eigenvalue weighted by molar-refractivity contribution is 7.80. The Morgan fingerprint density at radius 1 is 1.25 bits per heavy atom. The second kappa shape index (κ2) is 5.26. The van der Waals surface area contributed by atoms with E-state index in [1.165, 1.54) is 0 Å². The molecule has 5 N–H and O–H groups in total. The Morgan fingerprint density at radius 3 is 1.92 bits per heavy atom. The number of hydrogen-bond acceptors (Lipinski definition) is 4. The van der Waals surface area contributed by atoms with Crippen molar-refractivity contribution in [2.75, 3.05) is 26.9 Å². The first kappa shape index (κ1) is 11.6. The molecule has 0 radical (unpaired) electrons. The SMILES string of the molecule is CNC(=S)NC(CO)(CO)CO. The van der Waals surface area contributed by atoms with Crippen LogP contribution in [0.5, 0.6) is 0 Å². The van der Waals surface area contributed by atoms with Gasteiger partial charge in [0, 0.05) is 7.05 Å². The molecule has 72 valence electrons. The molecule has 0 rings (SSSR count). The summed E-state index contributed by atoms with van der Waals surface area (Å²) in [5.74, 6) is 0. The molecule has 0 spiro atoms. The highest BCUT2D eigenvalue weighted by Gasteiger charge is 2.28. The van der Waals surface area contributed by atoms with Gasteiger partial charge in [0.2, 0.25) is 0 Å². The van der Waals surface area contributed by atoms with Gasteiger partial charge in [-0.25, -0.2) is 0 Å². The van der Waals surface area contributed by atoms with E-state index in [1.807, 2.05) is 0 Å². The summed E-state index contributed by atoms with van der Waals surface area (Å²) in [4.78, 5) is 0. The van der Waals surface area contributed by atoms with E-state index in [0.29, 0.717) is 0 Å². The van der Waals surface area contributed by atoms with Crippen LogP contribution < -0.4 is 10.6 Å². The van der Waals surface area contributed by atoms with Crippen LogP contribution in [0.15, 0.2) is 0 Å². The zero-order chi connectivity index (χ0) is 9.61. The molecule has 5 nitrogen and oxygen atoms in total. The molecule has 0 aliphatic rings. The Kier molecular flexibility index (Phi) is 5.07. The van der Waals surface area contributed by atoms with Crippen molar-refractivity contribution >= 4 is 17.3 Å². The third-order valence-corrected chi connectivity index (χ3v) is 1.82. The van der Waals surface area contributed by atoms with E-state index in [2.05, 4.69) is 10.6 Å². The fraction of sp³-hybridized carbons (Fsp3) is 0.833. The van der Waals surface area contributed by atoms with Crippen LogP contribution in [0.4, 0.5) is 0 Å². The molecule has 0 saturated heterocycles. The summed E-state index contributed by atoms with van der Waals surface area (Å²) in [6, 6.07) is 0. The van der Waals surface area contributed by atoms with Crippen LogP contribution in [-0.2, 0) is 0 Å². The van der Waals surface area contributed by atoms with E-state index in [-0.39, 0.29) is 24.9 Å². The van der Waals surface area contributed by atoms with Crippen molar-refractivity contribution in [2.45, 2.75) is 5.54 Å². The van der Waals surface area contributed by atoms with Gasteiger partial charge >= 0.3 is 0 Å². The summed E-state index contributed by atoms with van der Waals surface area (Å²) in [5.41, 5.74) is -1.14. The van der Waals surface area contributed by atoms with Crippen LogP contribution in [0.3, 0.4) is 0 Å². The van der Waals surface area contributed by atoms with Gasteiger partial charge in [-0.15, -0.1) is 0 Å². The van der Waals surface area contributed by atoms with Crippen molar-refractivity contribution in [2.24, 2.45) is 0 Å². The summed E-state index contributed by atoms with van der Waals surface area (Å²) in [6.07, 6.45) is 0. The Balaban J connectivity index is 4.19. The van der Waals surface area contributed by atoms with Crippen LogP contribution in [0.25, 0.3) is 0 Å². The van der Waals surface area contributed by atoms with Crippen molar-refractivity contribution in [1.82, 2.24) is 10.6 Å². The summed E-state index contributed by atoms with van der Waals surface area (Å²) in [5, 5.41) is 32.0. The fourth-order valence-corrected chi connectivity index (χ4v) is 0.788. The van der Waals surface area contributed by atoms with Gasteiger partial charge in [-0.05, 0) is 12.2 Å². The molecule has 0 saturated carbocycles. The lowest BCUT2D eigenvalue weighted by Gasteiger charge is -2.29. The molecule has 0 atom stereocenters. The highest BCUT2D eigenvalue weighted by atomic mass is 32.1. The van der Waals surface area contributed by atoms with E-state index < -0.39 is 5.54 Å². The second-order valence-electron chi connectivity index (χ2n) is 2.46. The van der Waals surface area contributed by atoms with Crippen LogP contribution in [0, 0.1) is 0 Å². The molecule has 0 aromatic heterocycles. The standard InChI is InChI=1S/C6H14N2O3S/c1-7-5(12)8-6(2-9,3-10)4-11/h9-11H,2-4H2,1H3,(H2,7,8,12). The lowest BCUT2D eigenvalue weighted by molar-refractivity contribution is 0.0558. The zero-order valence-electron chi connectivity index (χ0n) is 6.87. The Bertz CT molecular complexity index is 141. The maximum Gasteiger partial charge on any atom is 0.166 e. The van der Waals surface area contributed by atoms with Gasteiger partial charge in [0.25, 0.3) is 0 Å². The molecular weight excluding hydrogens is 180 g/mol. The maximum absolute atomic E-state index is 8.85. The average molecular weight is 194 g/mol. The van der Waals surface area contributed by atoms with Gasteiger partial charge < -0.3 is 26.0 Å². The van der Waals surface area contributed by atoms with Crippen LogP contribution >= 0.6 is 12.2 Å². The number of thiocarbonyl (C=S) groups is 1. The first-order chi connectivity index (χ1) is 5.64. The quantitative estimate of drug-likeness (QED) is 0.327. The smallest absolute Gasteiger partial charge is 0.166 e. The minimum absolute atomic E-state index is 0.271. The summed E-state index contributed by atoms with van der Waals surface area (Å²) in [7, 11) is 1.60. The van der Waals surface area contributed by atoms with E-state index in [1.54, 1.807) is 7.05 Å². The van der Waals surface area contributed by atoms with E-state index >= 15 is 0 Å². The molecule has 0 bridgehead atoms. The van der Waals surface area contributed by atoms with E-state index in [9.17, 15) is 0 Å². The normalized spacial score (nSPS) is 11.0. The highest BCUT2D eigenvalue weighted by Crippen LogP contribution is 2.00. The first-order valence-electron chi connectivity index (χ1n) is 3.46. The summed E-state index contributed by atoms with van der Waals surface area (Å²) in [6.45, 7) is -1.16. The lowest BCUT2D eigenvalue weighted by atomic mass is 10.0. The maximum atomic E-state index is 8.85. The molecule has 0 heterocycles. The van der Waals surface area contributed by atoms with Crippen LogP contribution in [0.1, 0.15) is 0 Å². The average Bonchev–Trinajstić information content (AvgIpc) is 2.14. The molecule has 6 heteroatoms. The summed E-state index contributed by atoms with van der Waals surface area (Å²) < 4.78 is 0. The molecule has 0 aromatic rings. The molecule has 0 aliphatic carbocycles. The molecule has 12 heavy (non-hydrogen) atoms. The molecule has 0 unspecified atom stereocenters. The monoisotopic (exact) mass is 194 g/mol. The van der Waals surface area contributed by atoms with Gasteiger partial charge in [-0.1, -0.05) is 0 Å². The molecule has 0 aliphatic heterocycles. The van der Waals surface area contributed by atoms with E-state index in [0.717, 1.165) is 0 Å². The predicted octanol–water partition coefficient (Wildman–Crippen LogP) is -2.20. The fourth-order valence-electron chi connectivity index (χ4n) is 0.572. The van der Waals surface area contributed by atoms with Crippen molar-refractivity contribution in [3.8, 4) is 0 Å². The van der Waals surface area contributed by atoms with E-state index in [4.69, 9.17) is 27.5 Å². The van der Waals surface area contributed by atoms with Crippen LogP contribution in [-0.4, -0.2) is 52.8 Å². The minimum Gasteiger partial charge on any atom is -0.394 e. The second-order valence-corrected chi connectivity index (χ2v) is 2.87. The van der Waals surface area contributed by atoms with Crippen molar-refractivity contribution in [3.05, 3.63) is 0 Å². The number of aliphatic hydroxyl groups is 3. The number of nitrogens with one attached hydrogen (secondary N) is 2. The summed E-state index contributed by atoms with van der Waals surface area (Å²) >= 11 is 4.75. The molecule has 0 amide bonds. The van der Waals surface area contributed by atoms with Crippen molar-refractivity contribution in [1.29, 1.82) is 0 Å². The number of hydrogen-bond donors (Lipinski definition) is 5.